The molecule has 182 valence electrons. The van der Waals surface area contributed by atoms with Crippen LogP contribution in [-0.2, 0) is 19.6 Å². The maximum atomic E-state index is 13.5. The molecule has 4 rings (SSSR count). The Labute approximate surface area is 197 Å². The second-order valence-corrected chi connectivity index (χ2v) is 11.1. The summed E-state index contributed by atoms with van der Waals surface area (Å²) in [6.07, 6.45) is 3.97. The van der Waals surface area contributed by atoms with Crippen LogP contribution in [0.1, 0.15) is 45.1 Å². The number of ether oxygens (including phenoxy) is 1. The number of carbonyl (C=O) groups excluding carboxylic acids is 1. The average Bonchev–Trinajstić information content (AvgIpc) is 3.11. The highest BCUT2D eigenvalue weighted by Gasteiger charge is 2.35. The van der Waals surface area contributed by atoms with Crippen LogP contribution in [0.4, 0.5) is 0 Å². The van der Waals surface area contributed by atoms with E-state index < -0.39 is 16.1 Å². The SMILES string of the molecule is CC[C@H](C)[C@H](N=C1NS(=O)(=O)c2ccccc21)C(=O)N1CCC(CCN2CCOCC2)CC1. The maximum Gasteiger partial charge on any atom is 0.263 e. The summed E-state index contributed by atoms with van der Waals surface area (Å²) in [5, 5.41) is 0. The highest BCUT2D eigenvalue weighted by Crippen LogP contribution is 2.26. The zero-order valence-electron chi connectivity index (χ0n) is 19.7. The molecule has 1 aromatic carbocycles. The molecule has 2 saturated heterocycles. The summed E-state index contributed by atoms with van der Waals surface area (Å²) < 4.78 is 32.9. The van der Waals surface area contributed by atoms with Gasteiger partial charge < -0.3 is 9.64 Å². The van der Waals surface area contributed by atoms with Crippen LogP contribution in [0.5, 0.6) is 0 Å². The molecule has 3 aliphatic rings. The normalized spacial score (nSPS) is 24.3. The van der Waals surface area contributed by atoms with Gasteiger partial charge in [0.1, 0.15) is 11.9 Å². The molecule has 3 aliphatic heterocycles. The summed E-state index contributed by atoms with van der Waals surface area (Å²) in [5.74, 6) is 0.941. The second-order valence-electron chi connectivity index (χ2n) is 9.42. The number of likely N-dealkylation sites (tertiary alicyclic amines) is 1. The lowest BCUT2D eigenvalue weighted by molar-refractivity contribution is -0.135. The molecule has 0 aliphatic carbocycles. The van der Waals surface area contributed by atoms with Gasteiger partial charge in [0.25, 0.3) is 10.0 Å². The molecule has 0 bridgehead atoms. The van der Waals surface area contributed by atoms with E-state index in [1.807, 2.05) is 18.7 Å². The van der Waals surface area contributed by atoms with Crippen LogP contribution in [-0.4, -0.2) is 81.9 Å². The van der Waals surface area contributed by atoms with Crippen molar-refractivity contribution in [2.45, 2.75) is 50.5 Å². The molecule has 33 heavy (non-hydrogen) atoms. The van der Waals surface area contributed by atoms with E-state index in [0.717, 1.165) is 71.6 Å². The summed E-state index contributed by atoms with van der Waals surface area (Å²) in [5.41, 5.74) is 0.542. The Bertz CT molecular complexity index is 966. The molecule has 8 nitrogen and oxygen atoms in total. The van der Waals surface area contributed by atoms with E-state index in [2.05, 4.69) is 9.62 Å². The molecular formula is C24H36N4O4S. The van der Waals surface area contributed by atoms with E-state index in [0.29, 0.717) is 11.5 Å². The van der Waals surface area contributed by atoms with Crippen LogP contribution in [0, 0.1) is 11.8 Å². The largest absolute Gasteiger partial charge is 0.379 e. The number of sulfonamides is 1. The zero-order chi connectivity index (χ0) is 23.4. The lowest BCUT2D eigenvalue weighted by Gasteiger charge is -2.35. The van der Waals surface area contributed by atoms with Crippen molar-refractivity contribution in [1.29, 1.82) is 0 Å². The van der Waals surface area contributed by atoms with Gasteiger partial charge in [0.15, 0.2) is 0 Å². The summed E-state index contributed by atoms with van der Waals surface area (Å²) in [6, 6.07) is 6.20. The summed E-state index contributed by atoms with van der Waals surface area (Å²) >= 11 is 0. The van der Waals surface area contributed by atoms with E-state index in [4.69, 9.17) is 9.73 Å². The highest BCUT2D eigenvalue weighted by molar-refractivity contribution is 7.90. The zero-order valence-corrected chi connectivity index (χ0v) is 20.5. The van der Waals surface area contributed by atoms with Crippen LogP contribution >= 0.6 is 0 Å². The van der Waals surface area contributed by atoms with Crippen LogP contribution < -0.4 is 4.72 Å². The maximum absolute atomic E-state index is 13.5. The minimum atomic E-state index is -3.62. The van der Waals surface area contributed by atoms with Gasteiger partial charge in [-0.2, -0.15) is 0 Å². The van der Waals surface area contributed by atoms with Crippen molar-refractivity contribution < 1.29 is 17.9 Å². The number of morpholine rings is 1. The first-order valence-corrected chi connectivity index (χ1v) is 13.7. The molecule has 0 saturated carbocycles. The predicted molar refractivity (Wildman–Crippen MR) is 128 cm³/mol. The average molecular weight is 477 g/mol. The van der Waals surface area contributed by atoms with Gasteiger partial charge in [-0.1, -0.05) is 32.4 Å². The van der Waals surface area contributed by atoms with Gasteiger partial charge in [-0.3, -0.25) is 19.4 Å². The Hall–Kier alpha value is -1.97. The first kappa shape index (κ1) is 24.2. The Morgan fingerprint density at radius 3 is 2.58 bits per heavy atom. The van der Waals surface area contributed by atoms with Gasteiger partial charge in [0, 0.05) is 31.7 Å². The topological polar surface area (TPSA) is 91.3 Å². The highest BCUT2D eigenvalue weighted by atomic mass is 32.2. The lowest BCUT2D eigenvalue weighted by Crippen LogP contribution is -2.46. The third kappa shape index (κ3) is 5.58. The molecule has 0 aromatic heterocycles. The minimum absolute atomic E-state index is 0.00654. The number of nitrogens with zero attached hydrogens (tertiary/aromatic N) is 3. The first-order chi connectivity index (χ1) is 15.9. The van der Waals surface area contributed by atoms with Gasteiger partial charge in [-0.05, 0) is 49.8 Å². The summed E-state index contributed by atoms with van der Waals surface area (Å²) in [4.78, 5) is 22.8. The number of amides is 1. The number of rotatable bonds is 7. The fraction of sp³-hybridized carbons (Fsp3) is 0.667. The van der Waals surface area contributed by atoms with Crippen molar-refractivity contribution in [2.24, 2.45) is 16.8 Å². The van der Waals surface area contributed by atoms with Crippen LogP contribution in [0.25, 0.3) is 0 Å². The number of benzene rings is 1. The van der Waals surface area contributed by atoms with E-state index in [1.54, 1.807) is 24.3 Å². The number of carbonyl (C=O) groups is 1. The molecule has 3 heterocycles. The van der Waals surface area contributed by atoms with Crippen molar-refractivity contribution in [3.05, 3.63) is 29.8 Å². The van der Waals surface area contributed by atoms with Crippen molar-refractivity contribution >= 4 is 21.8 Å². The van der Waals surface area contributed by atoms with E-state index in [9.17, 15) is 13.2 Å². The molecule has 0 spiro atoms. The quantitative estimate of drug-likeness (QED) is 0.651. The summed E-state index contributed by atoms with van der Waals surface area (Å²) in [6.45, 7) is 10.3. The lowest BCUT2D eigenvalue weighted by atomic mass is 9.91. The number of fused-ring (bicyclic) bond motifs is 1. The number of hydrogen-bond acceptors (Lipinski definition) is 6. The first-order valence-electron chi connectivity index (χ1n) is 12.2. The molecule has 0 radical (unpaired) electrons. The van der Waals surface area contributed by atoms with Crippen molar-refractivity contribution in [3.8, 4) is 0 Å². The standard InChI is InChI=1S/C24H36N4O4S/c1-3-18(2)22(25-23-20-6-4-5-7-21(20)33(30,31)26-23)24(29)28-12-9-19(10-13-28)8-11-27-14-16-32-17-15-27/h4-7,18-19,22H,3,8-17H2,1-2H3,(H,25,26)/t18-,22-/m0/s1. The molecule has 9 heteroatoms. The van der Waals surface area contributed by atoms with Crippen LogP contribution in [0.15, 0.2) is 34.2 Å². The molecule has 1 N–H and O–H groups in total. The number of hydrogen-bond donors (Lipinski definition) is 1. The van der Waals surface area contributed by atoms with Crippen molar-refractivity contribution in [3.63, 3.8) is 0 Å². The van der Waals surface area contributed by atoms with Crippen LogP contribution in [0.2, 0.25) is 0 Å². The Kier molecular flexibility index (Phi) is 7.71. The molecule has 1 aromatic rings. The van der Waals surface area contributed by atoms with Gasteiger partial charge in [0.2, 0.25) is 5.91 Å². The Morgan fingerprint density at radius 1 is 1.18 bits per heavy atom. The minimum Gasteiger partial charge on any atom is -0.379 e. The number of aliphatic imine (C=N–C) groups is 1. The van der Waals surface area contributed by atoms with Crippen molar-refractivity contribution in [2.75, 3.05) is 45.9 Å². The fourth-order valence-electron chi connectivity index (χ4n) is 4.84. The molecular weight excluding hydrogens is 440 g/mol. The van der Waals surface area contributed by atoms with E-state index in [1.165, 1.54) is 0 Å². The van der Waals surface area contributed by atoms with Crippen LogP contribution in [0.3, 0.4) is 0 Å². The molecule has 1 amide bonds. The Morgan fingerprint density at radius 2 is 1.88 bits per heavy atom. The molecule has 0 unspecified atom stereocenters. The Balaban J connectivity index is 1.40. The monoisotopic (exact) mass is 476 g/mol. The number of amidine groups is 1. The van der Waals surface area contributed by atoms with E-state index in [-0.39, 0.29) is 22.6 Å². The van der Waals surface area contributed by atoms with Crippen molar-refractivity contribution in [1.82, 2.24) is 14.5 Å². The predicted octanol–water partition coefficient (Wildman–Crippen LogP) is 2.10. The van der Waals surface area contributed by atoms with Gasteiger partial charge in [-0.25, -0.2) is 8.42 Å². The third-order valence-corrected chi connectivity index (χ3v) is 8.65. The van der Waals surface area contributed by atoms with E-state index >= 15 is 0 Å². The van der Waals surface area contributed by atoms with Gasteiger partial charge >= 0.3 is 0 Å². The molecule has 2 atom stereocenters. The second kappa shape index (κ2) is 10.5. The number of nitrogens with one attached hydrogen (secondary N) is 1. The fourth-order valence-corrected chi connectivity index (χ4v) is 6.08. The summed E-state index contributed by atoms with van der Waals surface area (Å²) in [7, 11) is -3.62. The van der Waals surface area contributed by atoms with Gasteiger partial charge in [-0.15, -0.1) is 0 Å². The third-order valence-electron chi connectivity index (χ3n) is 7.25. The van der Waals surface area contributed by atoms with Gasteiger partial charge in [0.05, 0.1) is 18.1 Å². The molecule has 2 fully saturated rings. The smallest absolute Gasteiger partial charge is 0.263 e. The number of piperidine rings is 1.